The Morgan fingerprint density at radius 1 is 0.958 bits per heavy atom. The molecule has 0 heterocycles. The third-order valence-electron chi connectivity index (χ3n) is 3.83. The van der Waals surface area contributed by atoms with Crippen molar-refractivity contribution in [3.8, 4) is 5.75 Å². The lowest BCUT2D eigenvalue weighted by molar-refractivity contribution is -0.137. The maximum Gasteiger partial charge on any atom is 0.416 e. The number of aryl methyl sites for hydroxylation is 1. The Kier molecular flexibility index (Phi) is 6.26. The SMILES string of the molecule is Cc1ccc(C(CCCCN)Oc2ccc(C(F)(F)F)cc2)cc1. The second kappa shape index (κ2) is 8.20. The van der Waals surface area contributed by atoms with Gasteiger partial charge in [0.25, 0.3) is 0 Å². The van der Waals surface area contributed by atoms with Crippen molar-refractivity contribution in [3.63, 3.8) is 0 Å². The van der Waals surface area contributed by atoms with Gasteiger partial charge < -0.3 is 10.5 Å². The van der Waals surface area contributed by atoms with E-state index in [-0.39, 0.29) is 6.10 Å². The summed E-state index contributed by atoms with van der Waals surface area (Å²) in [6.07, 6.45) is -1.99. The van der Waals surface area contributed by atoms with Crippen molar-refractivity contribution in [2.45, 2.75) is 38.5 Å². The van der Waals surface area contributed by atoms with Gasteiger partial charge in [0.2, 0.25) is 0 Å². The van der Waals surface area contributed by atoms with Crippen LogP contribution in [0.5, 0.6) is 5.75 Å². The van der Waals surface area contributed by atoms with Gasteiger partial charge >= 0.3 is 6.18 Å². The van der Waals surface area contributed by atoms with Gasteiger partial charge in [0.15, 0.2) is 0 Å². The van der Waals surface area contributed by atoms with Gasteiger partial charge in [0.05, 0.1) is 5.56 Å². The highest BCUT2D eigenvalue weighted by atomic mass is 19.4. The first kappa shape index (κ1) is 18.3. The standard InChI is InChI=1S/C19H22F3NO/c1-14-5-7-15(8-6-14)18(4-2-3-13-23)24-17-11-9-16(10-12-17)19(20,21)22/h5-12,18H,2-4,13,23H2,1H3. The molecule has 0 fully saturated rings. The van der Waals surface area contributed by atoms with Crippen LogP contribution in [0.25, 0.3) is 0 Å². The Morgan fingerprint density at radius 2 is 1.58 bits per heavy atom. The van der Waals surface area contributed by atoms with Gasteiger partial charge in [-0.3, -0.25) is 0 Å². The molecule has 130 valence electrons. The second-order valence-electron chi connectivity index (χ2n) is 5.82. The lowest BCUT2D eigenvalue weighted by Crippen LogP contribution is -2.10. The first-order chi connectivity index (χ1) is 11.4. The number of hydrogen-bond acceptors (Lipinski definition) is 2. The fourth-order valence-electron chi connectivity index (χ4n) is 2.44. The maximum atomic E-state index is 12.6. The van der Waals surface area contributed by atoms with Crippen molar-refractivity contribution in [2.24, 2.45) is 5.73 Å². The van der Waals surface area contributed by atoms with E-state index in [4.69, 9.17) is 10.5 Å². The Morgan fingerprint density at radius 3 is 2.12 bits per heavy atom. The van der Waals surface area contributed by atoms with E-state index in [0.29, 0.717) is 12.3 Å². The molecule has 2 aromatic rings. The molecule has 0 aromatic heterocycles. The zero-order valence-corrected chi connectivity index (χ0v) is 13.6. The van der Waals surface area contributed by atoms with Gasteiger partial charge in [0.1, 0.15) is 11.9 Å². The lowest BCUT2D eigenvalue weighted by Gasteiger charge is -2.20. The number of ether oxygens (including phenoxy) is 1. The number of hydrogen-bond donors (Lipinski definition) is 1. The van der Waals surface area contributed by atoms with E-state index in [1.165, 1.54) is 12.1 Å². The average molecular weight is 337 g/mol. The minimum absolute atomic E-state index is 0.200. The molecule has 0 aliphatic rings. The Balaban J connectivity index is 2.13. The van der Waals surface area contributed by atoms with Crippen LogP contribution in [0.4, 0.5) is 13.2 Å². The van der Waals surface area contributed by atoms with Gasteiger partial charge in [-0.1, -0.05) is 29.8 Å². The molecule has 2 N–H and O–H groups in total. The van der Waals surface area contributed by atoms with Crippen LogP contribution in [-0.2, 0) is 6.18 Å². The van der Waals surface area contributed by atoms with Crippen molar-refractivity contribution in [3.05, 3.63) is 65.2 Å². The molecule has 1 unspecified atom stereocenters. The van der Waals surface area contributed by atoms with Gasteiger partial charge in [-0.2, -0.15) is 13.2 Å². The van der Waals surface area contributed by atoms with E-state index in [1.54, 1.807) is 0 Å². The molecule has 2 nitrogen and oxygen atoms in total. The summed E-state index contributed by atoms with van der Waals surface area (Å²) in [7, 11) is 0. The number of nitrogens with two attached hydrogens (primary N) is 1. The van der Waals surface area contributed by atoms with Crippen molar-refractivity contribution in [1.82, 2.24) is 0 Å². The number of rotatable bonds is 7. The minimum Gasteiger partial charge on any atom is -0.486 e. The largest absolute Gasteiger partial charge is 0.486 e. The molecule has 0 bridgehead atoms. The number of halogens is 3. The highest BCUT2D eigenvalue weighted by Crippen LogP contribution is 2.32. The van der Waals surface area contributed by atoms with E-state index in [1.807, 2.05) is 31.2 Å². The maximum absolute atomic E-state index is 12.6. The van der Waals surface area contributed by atoms with Crippen LogP contribution in [0.3, 0.4) is 0 Å². The number of unbranched alkanes of at least 4 members (excludes halogenated alkanes) is 1. The quantitative estimate of drug-likeness (QED) is 0.699. The summed E-state index contributed by atoms with van der Waals surface area (Å²) in [6, 6.07) is 12.8. The predicted octanol–water partition coefficient (Wildman–Crippen LogP) is 5.26. The lowest BCUT2D eigenvalue weighted by atomic mass is 10.0. The summed E-state index contributed by atoms with van der Waals surface area (Å²) < 4.78 is 43.9. The topological polar surface area (TPSA) is 35.2 Å². The van der Waals surface area contributed by atoms with Crippen LogP contribution < -0.4 is 10.5 Å². The van der Waals surface area contributed by atoms with Gasteiger partial charge in [-0.25, -0.2) is 0 Å². The molecule has 0 aliphatic heterocycles. The summed E-state index contributed by atoms with van der Waals surface area (Å²) >= 11 is 0. The zero-order valence-electron chi connectivity index (χ0n) is 13.6. The van der Waals surface area contributed by atoms with Crippen LogP contribution in [0.1, 0.15) is 42.1 Å². The normalized spacial score (nSPS) is 12.9. The molecule has 2 aromatic carbocycles. The van der Waals surface area contributed by atoms with Crippen molar-refractivity contribution in [1.29, 1.82) is 0 Å². The molecule has 2 rings (SSSR count). The molecule has 5 heteroatoms. The van der Waals surface area contributed by atoms with Gasteiger partial charge in [-0.15, -0.1) is 0 Å². The Hall–Kier alpha value is -2.01. The first-order valence-electron chi connectivity index (χ1n) is 8.00. The fourth-order valence-corrected chi connectivity index (χ4v) is 2.44. The smallest absolute Gasteiger partial charge is 0.416 e. The molecule has 0 saturated heterocycles. The monoisotopic (exact) mass is 337 g/mol. The summed E-state index contributed by atoms with van der Waals surface area (Å²) in [5.41, 5.74) is 7.02. The van der Waals surface area contributed by atoms with Crippen LogP contribution in [0, 0.1) is 6.92 Å². The highest BCUT2D eigenvalue weighted by Gasteiger charge is 2.30. The molecule has 24 heavy (non-hydrogen) atoms. The molecule has 1 atom stereocenters. The second-order valence-corrected chi connectivity index (χ2v) is 5.82. The third kappa shape index (κ3) is 5.27. The predicted molar refractivity (Wildman–Crippen MR) is 88.9 cm³/mol. The fraction of sp³-hybridized carbons (Fsp3) is 0.368. The first-order valence-corrected chi connectivity index (χ1v) is 8.00. The Labute approximate surface area is 140 Å². The summed E-state index contributed by atoms with van der Waals surface area (Å²) in [6.45, 7) is 2.62. The summed E-state index contributed by atoms with van der Waals surface area (Å²) in [5.74, 6) is 0.432. The van der Waals surface area contributed by atoms with Crippen LogP contribution in [0.15, 0.2) is 48.5 Å². The minimum atomic E-state index is -4.34. The van der Waals surface area contributed by atoms with E-state index in [0.717, 1.165) is 42.5 Å². The molecular weight excluding hydrogens is 315 g/mol. The van der Waals surface area contributed by atoms with Crippen molar-refractivity contribution >= 4 is 0 Å². The van der Waals surface area contributed by atoms with E-state index in [9.17, 15) is 13.2 Å². The van der Waals surface area contributed by atoms with Gasteiger partial charge in [0, 0.05) is 0 Å². The molecule has 0 spiro atoms. The van der Waals surface area contributed by atoms with Crippen LogP contribution >= 0.6 is 0 Å². The molecule has 0 aliphatic carbocycles. The van der Waals surface area contributed by atoms with E-state index < -0.39 is 11.7 Å². The molecule has 0 amide bonds. The number of alkyl halides is 3. The van der Waals surface area contributed by atoms with E-state index >= 15 is 0 Å². The third-order valence-corrected chi connectivity index (χ3v) is 3.83. The van der Waals surface area contributed by atoms with E-state index in [2.05, 4.69) is 0 Å². The average Bonchev–Trinajstić information content (AvgIpc) is 2.54. The van der Waals surface area contributed by atoms with Crippen LogP contribution in [-0.4, -0.2) is 6.54 Å². The zero-order chi connectivity index (χ0) is 17.6. The summed E-state index contributed by atoms with van der Waals surface area (Å²) in [4.78, 5) is 0. The summed E-state index contributed by atoms with van der Waals surface area (Å²) in [5, 5.41) is 0. The van der Waals surface area contributed by atoms with Gasteiger partial charge in [-0.05, 0) is 62.6 Å². The van der Waals surface area contributed by atoms with Crippen molar-refractivity contribution in [2.75, 3.05) is 6.54 Å². The van der Waals surface area contributed by atoms with Crippen molar-refractivity contribution < 1.29 is 17.9 Å². The number of benzene rings is 2. The van der Waals surface area contributed by atoms with Crippen LogP contribution in [0.2, 0.25) is 0 Å². The Bertz CT molecular complexity index is 621. The molecular formula is C19H22F3NO. The highest BCUT2D eigenvalue weighted by molar-refractivity contribution is 5.30. The molecule has 0 saturated carbocycles. The molecule has 0 radical (unpaired) electrons.